The van der Waals surface area contributed by atoms with Gasteiger partial charge in [0.25, 0.3) is 0 Å². The van der Waals surface area contributed by atoms with Crippen molar-refractivity contribution >= 4 is 11.3 Å². The molecule has 0 atom stereocenters. The average molecular weight is 195 g/mol. The van der Waals surface area contributed by atoms with E-state index in [0.29, 0.717) is 0 Å². The molecule has 72 valence electrons. The van der Waals surface area contributed by atoms with Crippen LogP contribution >= 0.6 is 11.3 Å². The minimum atomic E-state index is 1.05. The molecule has 13 heavy (non-hydrogen) atoms. The van der Waals surface area contributed by atoms with Crippen LogP contribution in [0.15, 0.2) is 11.4 Å². The van der Waals surface area contributed by atoms with E-state index in [1.807, 2.05) is 11.3 Å². The first-order valence-corrected chi connectivity index (χ1v) is 5.98. The first-order valence-electron chi connectivity index (χ1n) is 5.10. The van der Waals surface area contributed by atoms with Crippen molar-refractivity contribution < 1.29 is 0 Å². The second-order valence-corrected chi connectivity index (χ2v) is 4.94. The van der Waals surface area contributed by atoms with Gasteiger partial charge in [0.2, 0.25) is 0 Å². The second-order valence-electron chi connectivity index (χ2n) is 3.94. The van der Waals surface area contributed by atoms with Crippen LogP contribution < -0.4 is 5.32 Å². The van der Waals surface area contributed by atoms with Gasteiger partial charge < -0.3 is 5.32 Å². The fourth-order valence-electron chi connectivity index (χ4n) is 1.50. The van der Waals surface area contributed by atoms with Crippen molar-refractivity contribution in [3.63, 3.8) is 0 Å². The van der Waals surface area contributed by atoms with Gasteiger partial charge in [-0.25, -0.2) is 0 Å². The third-order valence-electron chi connectivity index (χ3n) is 2.68. The number of rotatable bonds is 5. The van der Waals surface area contributed by atoms with E-state index in [1.54, 1.807) is 0 Å². The zero-order chi connectivity index (χ0) is 9.10. The molecular weight excluding hydrogens is 178 g/mol. The highest BCUT2D eigenvalue weighted by Gasteiger charge is 2.19. The summed E-state index contributed by atoms with van der Waals surface area (Å²) in [5.41, 5.74) is 1.43. The molecule has 0 saturated heterocycles. The van der Waals surface area contributed by atoms with E-state index in [-0.39, 0.29) is 0 Å². The van der Waals surface area contributed by atoms with Crippen LogP contribution in [-0.4, -0.2) is 6.54 Å². The van der Waals surface area contributed by atoms with Gasteiger partial charge in [0.05, 0.1) is 0 Å². The highest BCUT2D eigenvalue weighted by atomic mass is 32.1. The van der Waals surface area contributed by atoms with E-state index in [9.17, 15) is 0 Å². The summed E-state index contributed by atoms with van der Waals surface area (Å²) in [5.74, 6) is 1.05. The Balaban J connectivity index is 1.64. The highest BCUT2D eigenvalue weighted by molar-refractivity contribution is 7.10. The standard InChI is InChI=1S/C11H17NS/c1-9-5-7-13-11(9)8-12-6-4-10-2-3-10/h5,7,10,12H,2-4,6,8H2,1H3. The van der Waals surface area contributed by atoms with E-state index >= 15 is 0 Å². The minimum Gasteiger partial charge on any atom is -0.312 e. The molecular formula is C11H17NS. The van der Waals surface area contributed by atoms with Crippen LogP contribution in [-0.2, 0) is 6.54 Å². The summed E-state index contributed by atoms with van der Waals surface area (Å²) in [6, 6.07) is 2.20. The fourth-order valence-corrected chi connectivity index (χ4v) is 2.38. The first kappa shape index (κ1) is 9.22. The molecule has 0 bridgehead atoms. The Morgan fingerprint density at radius 3 is 3.00 bits per heavy atom. The lowest BCUT2D eigenvalue weighted by Gasteiger charge is -2.02. The van der Waals surface area contributed by atoms with E-state index < -0.39 is 0 Å². The van der Waals surface area contributed by atoms with Crippen molar-refractivity contribution in [2.75, 3.05) is 6.54 Å². The Bertz CT molecular complexity index is 263. The monoisotopic (exact) mass is 195 g/mol. The molecule has 1 aliphatic carbocycles. The molecule has 0 unspecified atom stereocenters. The second kappa shape index (κ2) is 4.25. The van der Waals surface area contributed by atoms with Gasteiger partial charge in [-0.05, 0) is 42.8 Å². The Morgan fingerprint density at radius 1 is 1.54 bits per heavy atom. The SMILES string of the molecule is Cc1ccsc1CNCCC1CC1. The van der Waals surface area contributed by atoms with Gasteiger partial charge in [-0.3, -0.25) is 0 Å². The number of hydrogen-bond acceptors (Lipinski definition) is 2. The minimum absolute atomic E-state index is 1.05. The van der Waals surface area contributed by atoms with Crippen molar-refractivity contribution in [3.8, 4) is 0 Å². The van der Waals surface area contributed by atoms with E-state index in [1.165, 1.54) is 36.2 Å². The fraction of sp³-hybridized carbons (Fsp3) is 0.636. The van der Waals surface area contributed by atoms with E-state index in [4.69, 9.17) is 0 Å². The summed E-state index contributed by atoms with van der Waals surface area (Å²) in [5, 5.41) is 5.68. The molecule has 2 rings (SSSR count). The van der Waals surface area contributed by atoms with Crippen molar-refractivity contribution in [1.82, 2.24) is 5.32 Å². The number of hydrogen-bond donors (Lipinski definition) is 1. The molecule has 1 nitrogen and oxygen atoms in total. The summed E-state index contributed by atoms with van der Waals surface area (Å²) in [7, 11) is 0. The molecule has 1 aromatic rings. The third-order valence-corrected chi connectivity index (χ3v) is 3.70. The summed E-state index contributed by atoms with van der Waals surface area (Å²) in [6.07, 6.45) is 4.32. The molecule has 0 aromatic carbocycles. The van der Waals surface area contributed by atoms with Gasteiger partial charge >= 0.3 is 0 Å². The largest absolute Gasteiger partial charge is 0.312 e. The Hall–Kier alpha value is -0.340. The van der Waals surface area contributed by atoms with Crippen LogP contribution in [0, 0.1) is 12.8 Å². The zero-order valence-corrected chi connectivity index (χ0v) is 8.99. The molecule has 0 aliphatic heterocycles. The van der Waals surface area contributed by atoms with Gasteiger partial charge in [0, 0.05) is 11.4 Å². The van der Waals surface area contributed by atoms with E-state index in [0.717, 1.165) is 12.5 Å². The summed E-state index contributed by atoms with van der Waals surface area (Å²) >= 11 is 1.86. The molecule has 1 saturated carbocycles. The molecule has 2 heteroatoms. The lowest BCUT2D eigenvalue weighted by molar-refractivity contribution is 0.615. The Morgan fingerprint density at radius 2 is 2.38 bits per heavy atom. The smallest absolute Gasteiger partial charge is 0.0302 e. The molecule has 1 heterocycles. The molecule has 1 aromatic heterocycles. The maximum atomic E-state index is 3.51. The van der Waals surface area contributed by atoms with Crippen LogP contribution in [0.5, 0.6) is 0 Å². The molecule has 1 fully saturated rings. The third kappa shape index (κ3) is 2.82. The van der Waals surface area contributed by atoms with Crippen LogP contribution in [0.3, 0.4) is 0 Å². The van der Waals surface area contributed by atoms with Crippen LogP contribution in [0.25, 0.3) is 0 Å². The first-order chi connectivity index (χ1) is 6.36. The van der Waals surface area contributed by atoms with Crippen LogP contribution in [0.2, 0.25) is 0 Å². The summed E-state index contributed by atoms with van der Waals surface area (Å²) < 4.78 is 0. The van der Waals surface area contributed by atoms with Crippen molar-refractivity contribution in [1.29, 1.82) is 0 Å². The number of thiophene rings is 1. The van der Waals surface area contributed by atoms with Gasteiger partial charge in [-0.2, -0.15) is 0 Å². The van der Waals surface area contributed by atoms with Gasteiger partial charge in [0.15, 0.2) is 0 Å². The molecule has 0 spiro atoms. The predicted octanol–water partition coefficient (Wildman–Crippen LogP) is 2.95. The van der Waals surface area contributed by atoms with Gasteiger partial charge in [0.1, 0.15) is 0 Å². The number of nitrogens with one attached hydrogen (secondary N) is 1. The Labute approximate surface area is 84.2 Å². The quantitative estimate of drug-likeness (QED) is 0.712. The average Bonchev–Trinajstić information content (AvgIpc) is 2.86. The Kier molecular flexibility index (Phi) is 3.01. The zero-order valence-electron chi connectivity index (χ0n) is 8.18. The van der Waals surface area contributed by atoms with Gasteiger partial charge in [-0.15, -0.1) is 11.3 Å². The highest BCUT2D eigenvalue weighted by Crippen LogP contribution is 2.31. The van der Waals surface area contributed by atoms with Crippen LogP contribution in [0.4, 0.5) is 0 Å². The summed E-state index contributed by atoms with van der Waals surface area (Å²) in [6.45, 7) is 4.45. The molecule has 0 amide bonds. The topological polar surface area (TPSA) is 12.0 Å². The lowest BCUT2D eigenvalue weighted by atomic mass is 10.2. The molecule has 1 aliphatic rings. The van der Waals surface area contributed by atoms with E-state index in [2.05, 4.69) is 23.7 Å². The number of aryl methyl sites for hydroxylation is 1. The maximum Gasteiger partial charge on any atom is 0.0302 e. The lowest BCUT2D eigenvalue weighted by Crippen LogP contribution is -2.14. The molecule has 0 radical (unpaired) electrons. The molecule has 1 N–H and O–H groups in total. The van der Waals surface area contributed by atoms with Crippen LogP contribution in [0.1, 0.15) is 29.7 Å². The maximum absolute atomic E-state index is 3.51. The van der Waals surface area contributed by atoms with Crippen molar-refractivity contribution in [3.05, 3.63) is 21.9 Å². The summed E-state index contributed by atoms with van der Waals surface area (Å²) in [4.78, 5) is 1.50. The van der Waals surface area contributed by atoms with Gasteiger partial charge in [-0.1, -0.05) is 12.8 Å². The predicted molar refractivity (Wildman–Crippen MR) is 58.1 cm³/mol. The normalized spacial score (nSPS) is 16.4. The van der Waals surface area contributed by atoms with Crippen molar-refractivity contribution in [2.45, 2.75) is 32.7 Å². The van der Waals surface area contributed by atoms with Crippen molar-refractivity contribution in [2.24, 2.45) is 5.92 Å².